The van der Waals surface area contributed by atoms with Crippen LogP contribution in [0, 0.1) is 0 Å². The number of carbonyl (C=O) groups excluding carboxylic acids is 1. The zero-order valence-electron chi connectivity index (χ0n) is 25.5. The third-order valence-corrected chi connectivity index (χ3v) is 9.02. The number of esters is 1. The average molecular weight is 565 g/mol. The maximum atomic E-state index is 12.8. The molecule has 0 aromatic heterocycles. The lowest BCUT2D eigenvalue weighted by molar-refractivity contribution is -0.151. The number of ether oxygens (including phenoxy) is 2. The molecular weight excluding hydrogens is 516 g/mol. The summed E-state index contributed by atoms with van der Waals surface area (Å²) in [6, 6.07) is 27.8. The molecule has 0 bridgehead atoms. The fourth-order valence-electron chi connectivity index (χ4n) is 6.68. The van der Waals surface area contributed by atoms with Crippen molar-refractivity contribution < 1.29 is 14.3 Å². The van der Waals surface area contributed by atoms with E-state index in [0.29, 0.717) is 13.0 Å². The number of carbonyl (C=O) groups is 1. The fourth-order valence-corrected chi connectivity index (χ4v) is 6.68. The van der Waals surface area contributed by atoms with E-state index in [1.807, 2.05) is 6.07 Å². The summed E-state index contributed by atoms with van der Waals surface area (Å²) in [4.78, 5) is 12.8. The first-order chi connectivity index (χ1) is 20.7. The number of rotatable bonds is 15. The van der Waals surface area contributed by atoms with Crippen LogP contribution in [0.1, 0.15) is 114 Å². The normalized spacial score (nSPS) is 17.0. The first-order valence-corrected chi connectivity index (χ1v) is 16.5. The van der Waals surface area contributed by atoms with Crippen LogP contribution in [0.2, 0.25) is 0 Å². The van der Waals surface area contributed by atoms with E-state index in [0.717, 1.165) is 37.9 Å². The number of hydrogen-bond acceptors (Lipinski definition) is 3. The minimum atomic E-state index is -0.0397. The molecule has 0 amide bonds. The van der Waals surface area contributed by atoms with E-state index in [1.54, 1.807) is 0 Å². The van der Waals surface area contributed by atoms with Crippen LogP contribution in [0.3, 0.4) is 0 Å². The Labute approximate surface area is 252 Å². The molecule has 0 heterocycles. The summed E-state index contributed by atoms with van der Waals surface area (Å²) in [5, 5.41) is 4.94. The Hall–Kier alpha value is -3.33. The van der Waals surface area contributed by atoms with Crippen LogP contribution in [-0.4, -0.2) is 12.1 Å². The molecular formula is C39H48O3. The van der Waals surface area contributed by atoms with Crippen molar-refractivity contribution in [2.24, 2.45) is 0 Å². The quantitative estimate of drug-likeness (QED) is 0.0818. The Morgan fingerprint density at radius 2 is 1.36 bits per heavy atom. The molecule has 2 unspecified atom stereocenters. The van der Waals surface area contributed by atoms with Gasteiger partial charge in [0.15, 0.2) is 0 Å². The zero-order valence-corrected chi connectivity index (χ0v) is 25.5. The van der Waals surface area contributed by atoms with Gasteiger partial charge in [-0.25, -0.2) is 0 Å². The minimum absolute atomic E-state index is 0.0231. The van der Waals surface area contributed by atoms with E-state index < -0.39 is 0 Å². The van der Waals surface area contributed by atoms with E-state index in [-0.39, 0.29) is 18.0 Å². The van der Waals surface area contributed by atoms with E-state index in [4.69, 9.17) is 9.47 Å². The van der Waals surface area contributed by atoms with Crippen LogP contribution in [-0.2, 0) is 16.1 Å². The minimum Gasteiger partial charge on any atom is -0.489 e. The second-order valence-corrected chi connectivity index (χ2v) is 12.2. The van der Waals surface area contributed by atoms with Gasteiger partial charge in [-0.1, -0.05) is 125 Å². The molecule has 42 heavy (non-hydrogen) atoms. The van der Waals surface area contributed by atoms with Gasteiger partial charge in [-0.3, -0.25) is 4.79 Å². The van der Waals surface area contributed by atoms with Gasteiger partial charge in [0, 0.05) is 17.9 Å². The molecule has 1 fully saturated rings. The van der Waals surface area contributed by atoms with Gasteiger partial charge in [-0.15, -0.1) is 0 Å². The molecule has 0 radical (unpaired) electrons. The van der Waals surface area contributed by atoms with Gasteiger partial charge in [0.2, 0.25) is 0 Å². The predicted octanol–water partition coefficient (Wildman–Crippen LogP) is 11.1. The highest BCUT2D eigenvalue weighted by atomic mass is 16.5. The molecule has 222 valence electrons. The Morgan fingerprint density at radius 3 is 2.07 bits per heavy atom. The summed E-state index contributed by atoms with van der Waals surface area (Å²) < 4.78 is 12.6. The van der Waals surface area contributed by atoms with Gasteiger partial charge < -0.3 is 9.47 Å². The second kappa shape index (κ2) is 15.8. The van der Waals surface area contributed by atoms with Crippen molar-refractivity contribution in [3.05, 3.63) is 90.0 Å². The van der Waals surface area contributed by atoms with Crippen molar-refractivity contribution >= 4 is 27.5 Å². The molecule has 1 saturated carbocycles. The van der Waals surface area contributed by atoms with Crippen molar-refractivity contribution in [2.75, 3.05) is 0 Å². The van der Waals surface area contributed by atoms with Gasteiger partial charge in [-0.05, 0) is 71.0 Å². The van der Waals surface area contributed by atoms with Gasteiger partial charge in [0.05, 0.1) is 0 Å². The molecule has 4 aromatic carbocycles. The molecule has 3 nitrogen and oxygen atoms in total. The third kappa shape index (κ3) is 8.15. The van der Waals surface area contributed by atoms with Crippen molar-refractivity contribution in [3.8, 4) is 5.75 Å². The Bertz CT molecular complexity index is 1370. The fraction of sp³-hybridized carbons (Fsp3) is 0.462. The lowest BCUT2D eigenvalue weighted by atomic mass is 9.81. The summed E-state index contributed by atoms with van der Waals surface area (Å²) in [5.41, 5.74) is 2.44. The van der Waals surface area contributed by atoms with Crippen LogP contribution in [0.4, 0.5) is 0 Å². The molecule has 4 aromatic rings. The van der Waals surface area contributed by atoms with Crippen LogP contribution >= 0.6 is 0 Å². The SMILES string of the molecule is CCCCCCCCCCCC(=O)OC1CCCCC1c1cccc(OCc2c3ccccc3cc3ccccc23)c1. The molecule has 0 aliphatic heterocycles. The predicted molar refractivity (Wildman–Crippen MR) is 175 cm³/mol. The van der Waals surface area contributed by atoms with E-state index in [1.165, 1.54) is 84.0 Å². The first-order valence-electron chi connectivity index (χ1n) is 16.5. The smallest absolute Gasteiger partial charge is 0.306 e. The maximum absolute atomic E-state index is 12.8. The van der Waals surface area contributed by atoms with Crippen LogP contribution in [0.25, 0.3) is 21.5 Å². The molecule has 0 N–H and O–H groups in total. The van der Waals surface area contributed by atoms with Gasteiger partial charge >= 0.3 is 5.97 Å². The molecule has 1 aliphatic carbocycles. The van der Waals surface area contributed by atoms with Gasteiger partial charge in [0.25, 0.3) is 0 Å². The molecule has 3 heteroatoms. The van der Waals surface area contributed by atoms with Crippen LogP contribution in [0.15, 0.2) is 78.9 Å². The number of hydrogen-bond donors (Lipinski definition) is 0. The molecule has 0 saturated heterocycles. The summed E-state index contributed by atoms with van der Waals surface area (Å²) in [7, 11) is 0. The largest absolute Gasteiger partial charge is 0.489 e. The maximum Gasteiger partial charge on any atom is 0.306 e. The van der Waals surface area contributed by atoms with Crippen molar-refractivity contribution in [3.63, 3.8) is 0 Å². The van der Waals surface area contributed by atoms with E-state index in [9.17, 15) is 4.79 Å². The second-order valence-electron chi connectivity index (χ2n) is 12.2. The number of unbranched alkanes of at least 4 members (excludes halogenated alkanes) is 8. The first kappa shape index (κ1) is 30.1. The lowest BCUT2D eigenvalue weighted by Crippen LogP contribution is -2.28. The Kier molecular flexibility index (Phi) is 11.3. The Morgan fingerprint density at radius 1 is 0.714 bits per heavy atom. The monoisotopic (exact) mass is 564 g/mol. The third-order valence-electron chi connectivity index (χ3n) is 9.02. The van der Waals surface area contributed by atoms with Gasteiger partial charge in [-0.2, -0.15) is 0 Å². The van der Waals surface area contributed by atoms with Crippen molar-refractivity contribution in [2.45, 2.75) is 115 Å². The zero-order chi connectivity index (χ0) is 29.0. The lowest BCUT2D eigenvalue weighted by Gasteiger charge is -2.31. The Balaban J connectivity index is 1.17. The summed E-state index contributed by atoms with van der Waals surface area (Å²) in [5.74, 6) is 1.08. The van der Waals surface area contributed by atoms with E-state index >= 15 is 0 Å². The standard InChI is InChI=1S/C39H48O3/c1-2-3-4-5-6-7-8-9-10-26-39(40)42-38-25-16-15-24-36(38)32-20-17-21-33(28-32)41-29-37-34-22-13-11-18-30(34)27-31-19-12-14-23-35(31)37/h11-14,17-23,27-28,36,38H,2-10,15-16,24-26,29H2,1H3. The summed E-state index contributed by atoms with van der Waals surface area (Å²) in [6.45, 7) is 2.77. The molecule has 2 atom stereocenters. The highest BCUT2D eigenvalue weighted by Gasteiger charge is 2.29. The highest BCUT2D eigenvalue weighted by Crippen LogP contribution is 2.37. The summed E-state index contributed by atoms with van der Waals surface area (Å²) in [6.07, 6.45) is 16.1. The van der Waals surface area contributed by atoms with Crippen molar-refractivity contribution in [1.82, 2.24) is 0 Å². The molecule has 0 spiro atoms. The van der Waals surface area contributed by atoms with Crippen molar-refractivity contribution in [1.29, 1.82) is 0 Å². The van der Waals surface area contributed by atoms with E-state index in [2.05, 4.69) is 79.7 Å². The average Bonchev–Trinajstić information content (AvgIpc) is 3.02. The highest BCUT2D eigenvalue weighted by molar-refractivity contribution is 6.02. The van der Waals surface area contributed by atoms with Crippen LogP contribution in [0.5, 0.6) is 5.75 Å². The summed E-state index contributed by atoms with van der Waals surface area (Å²) >= 11 is 0. The number of fused-ring (bicyclic) bond motifs is 2. The van der Waals surface area contributed by atoms with Crippen LogP contribution < -0.4 is 4.74 Å². The molecule has 1 aliphatic rings. The molecule has 5 rings (SSSR count). The van der Waals surface area contributed by atoms with Gasteiger partial charge in [0.1, 0.15) is 18.5 Å². The number of benzene rings is 4. The topological polar surface area (TPSA) is 35.5 Å².